The number of carbonyl (C=O) groups is 2. The first-order valence-electron chi connectivity index (χ1n) is 11.0. The molecule has 2 aromatic carbocycles. The van der Waals surface area contributed by atoms with Gasteiger partial charge in [-0.3, -0.25) is 9.59 Å². The standard InChI is InChI=1S/C15H18FN3O.C12H13FN2O/c1-10-6-11(15(2,3)8-17)7-12(16)13(10)14(20)18-9-19(4)5;1-7-4-8(12(2,3)6-14)5-9(13)10(7)11(15)16/h6-7,9H,1-5H3;4-5H,1-3H3,(H2,15,16). The van der Waals surface area contributed by atoms with Gasteiger partial charge in [-0.05, 0) is 75.9 Å². The number of aliphatic imine (C=N–C) groups is 1. The second-order valence-corrected chi connectivity index (χ2v) is 9.65. The lowest BCUT2D eigenvalue weighted by molar-refractivity contribution is 0.0988. The summed E-state index contributed by atoms with van der Waals surface area (Å²) in [5.74, 6) is -2.75. The third-order valence-corrected chi connectivity index (χ3v) is 5.44. The van der Waals surface area contributed by atoms with E-state index in [1.807, 2.05) is 0 Å². The molecule has 2 N–H and O–H groups in total. The maximum absolute atomic E-state index is 14.1. The van der Waals surface area contributed by atoms with Crippen molar-refractivity contribution in [2.45, 2.75) is 52.4 Å². The van der Waals surface area contributed by atoms with E-state index in [-0.39, 0.29) is 11.1 Å². The molecule has 2 rings (SSSR count). The zero-order valence-corrected chi connectivity index (χ0v) is 21.8. The molecular weight excluding hydrogens is 464 g/mol. The minimum Gasteiger partial charge on any atom is -0.369 e. The van der Waals surface area contributed by atoms with Crippen LogP contribution < -0.4 is 5.73 Å². The average Bonchev–Trinajstić information content (AvgIpc) is 2.76. The molecule has 0 aliphatic rings. The molecule has 0 fully saturated rings. The van der Waals surface area contributed by atoms with Crippen molar-refractivity contribution < 1.29 is 18.4 Å². The van der Waals surface area contributed by atoms with Crippen LogP contribution in [-0.2, 0) is 10.8 Å². The Hall–Kier alpha value is -4.11. The summed E-state index contributed by atoms with van der Waals surface area (Å²) in [7, 11) is 3.44. The van der Waals surface area contributed by atoms with E-state index in [4.69, 9.17) is 16.3 Å². The molecule has 0 aliphatic heterocycles. The summed E-state index contributed by atoms with van der Waals surface area (Å²) in [6.07, 6.45) is 1.33. The number of amides is 2. The number of primary amides is 1. The molecule has 0 bridgehead atoms. The van der Waals surface area contributed by atoms with Crippen LogP contribution in [0.2, 0.25) is 0 Å². The minimum atomic E-state index is -0.805. The van der Waals surface area contributed by atoms with Crippen LogP contribution in [0.15, 0.2) is 29.3 Å². The maximum atomic E-state index is 14.1. The van der Waals surface area contributed by atoms with Gasteiger partial charge in [0.15, 0.2) is 0 Å². The fraction of sp³-hybridized carbons (Fsp3) is 0.370. The molecule has 190 valence electrons. The molecule has 0 heterocycles. The van der Waals surface area contributed by atoms with Crippen molar-refractivity contribution in [2.75, 3.05) is 14.1 Å². The highest BCUT2D eigenvalue weighted by Crippen LogP contribution is 2.27. The molecule has 0 aromatic heterocycles. The van der Waals surface area contributed by atoms with Gasteiger partial charge in [-0.15, -0.1) is 0 Å². The lowest BCUT2D eigenvalue weighted by Crippen LogP contribution is -2.19. The fourth-order valence-corrected chi connectivity index (χ4v) is 3.15. The number of nitrogens with two attached hydrogens (primary N) is 1. The molecule has 2 aromatic rings. The van der Waals surface area contributed by atoms with Crippen molar-refractivity contribution in [1.29, 1.82) is 10.5 Å². The van der Waals surface area contributed by atoms with Gasteiger partial charge >= 0.3 is 0 Å². The first-order chi connectivity index (χ1) is 16.5. The highest BCUT2D eigenvalue weighted by molar-refractivity contribution is 6.00. The van der Waals surface area contributed by atoms with Crippen molar-refractivity contribution in [3.63, 3.8) is 0 Å². The van der Waals surface area contributed by atoms with Crippen LogP contribution in [0.25, 0.3) is 0 Å². The molecule has 2 amide bonds. The molecule has 0 atom stereocenters. The summed E-state index contributed by atoms with van der Waals surface area (Å²) in [6.45, 7) is 10.0. The molecule has 0 saturated carbocycles. The predicted molar refractivity (Wildman–Crippen MR) is 135 cm³/mol. The number of benzene rings is 2. The predicted octanol–water partition coefficient (Wildman–Crippen LogP) is 4.70. The van der Waals surface area contributed by atoms with E-state index in [2.05, 4.69) is 17.1 Å². The number of nitriles is 2. The Kier molecular flexibility index (Phi) is 9.60. The van der Waals surface area contributed by atoms with Gasteiger partial charge in [-0.1, -0.05) is 12.1 Å². The summed E-state index contributed by atoms with van der Waals surface area (Å²) in [4.78, 5) is 28.2. The van der Waals surface area contributed by atoms with Crippen molar-refractivity contribution in [3.05, 3.63) is 69.3 Å². The van der Waals surface area contributed by atoms with E-state index < -0.39 is 34.3 Å². The summed E-state index contributed by atoms with van der Waals surface area (Å²) in [5, 5.41) is 18.0. The summed E-state index contributed by atoms with van der Waals surface area (Å²) >= 11 is 0. The van der Waals surface area contributed by atoms with Crippen molar-refractivity contribution in [3.8, 4) is 12.1 Å². The molecule has 0 radical (unpaired) electrons. The molecular formula is C27H31F2N5O2. The Morgan fingerprint density at radius 1 is 0.889 bits per heavy atom. The minimum absolute atomic E-state index is 0.0550. The zero-order valence-electron chi connectivity index (χ0n) is 21.8. The second kappa shape index (κ2) is 11.5. The van der Waals surface area contributed by atoms with E-state index in [1.165, 1.54) is 18.5 Å². The Labute approximate surface area is 210 Å². The van der Waals surface area contributed by atoms with Crippen LogP contribution in [0.4, 0.5) is 8.78 Å². The Bertz CT molecular complexity index is 1240. The quantitative estimate of drug-likeness (QED) is 0.476. The monoisotopic (exact) mass is 495 g/mol. The van der Waals surface area contributed by atoms with E-state index in [0.717, 1.165) is 0 Å². The third-order valence-electron chi connectivity index (χ3n) is 5.44. The van der Waals surface area contributed by atoms with Crippen molar-refractivity contribution in [1.82, 2.24) is 4.90 Å². The van der Waals surface area contributed by atoms with E-state index in [1.54, 1.807) is 72.7 Å². The average molecular weight is 496 g/mol. The highest BCUT2D eigenvalue weighted by Gasteiger charge is 2.25. The van der Waals surface area contributed by atoms with Crippen LogP contribution in [0.1, 0.15) is 70.7 Å². The number of hydrogen-bond donors (Lipinski definition) is 1. The summed E-state index contributed by atoms with van der Waals surface area (Å²) < 4.78 is 27.8. The van der Waals surface area contributed by atoms with Crippen LogP contribution in [-0.4, -0.2) is 37.1 Å². The zero-order chi connectivity index (χ0) is 28.0. The number of rotatable bonds is 5. The summed E-state index contributed by atoms with van der Waals surface area (Å²) in [5.41, 5.74) is 5.31. The normalized spacial score (nSPS) is 11.2. The number of aryl methyl sites for hydroxylation is 2. The molecule has 0 spiro atoms. The van der Waals surface area contributed by atoms with Crippen LogP contribution >= 0.6 is 0 Å². The van der Waals surface area contributed by atoms with Gasteiger partial charge in [0.2, 0.25) is 0 Å². The molecule has 0 saturated heterocycles. The lowest BCUT2D eigenvalue weighted by atomic mass is 9.84. The van der Waals surface area contributed by atoms with Crippen LogP contribution in [0, 0.1) is 48.1 Å². The number of carbonyl (C=O) groups excluding carboxylic acids is 2. The first-order valence-corrected chi connectivity index (χ1v) is 11.0. The fourth-order valence-electron chi connectivity index (χ4n) is 3.15. The number of nitrogens with zero attached hydrogens (tertiary/aromatic N) is 4. The first kappa shape index (κ1) is 29.9. The van der Waals surface area contributed by atoms with Gasteiger partial charge in [0.25, 0.3) is 11.8 Å². The van der Waals surface area contributed by atoms with Gasteiger partial charge in [0.1, 0.15) is 11.6 Å². The number of hydrogen-bond acceptors (Lipinski definition) is 4. The van der Waals surface area contributed by atoms with Crippen molar-refractivity contribution >= 4 is 18.2 Å². The highest BCUT2D eigenvalue weighted by atomic mass is 19.1. The molecule has 7 nitrogen and oxygen atoms in total. The van der Waals surface area contributed by atoms with E-state index >= 15 is 0 Å². The Morgan fingerprint density at radius 2 is 1.28 bits per heavy atom. The maximum Gasteiger partial charge on any atom is 0.281 e. The Morgan fingerprint density at radius 3 is 1.58 bits per heavy atom. The molecule has 9 heteroatoms. The van der Waals surface area contributed by atoms with Crippen molar-refractivity contribution in [2.24, 2.45) is 10.7 Å². The van der Waals surface area contributed by atoms with E-state index in [0.29, 0.717) is 22.3 Å². The SMILES string of the molecule is Cc1cc(C(C)(C)C#N)cc(F)c1C(=O)N=CN(C)C.Cc1cc(C(C)(C)C#N)cc(F)c1C(N)=O. The third kappa shape index (κ3) is 7.19. The molecule has 36 heavy (non-hydrogen) atoms. The number of halogens is 2. The van der Waals surface area contributed by atoms with Crippen LogP contribution in [0.5, 0.6) is 0 Å². The van der Waals surface area contributed by atoms with Gasteiger partial charge in [0, 0.05) is 14.1 Å². The van der Waals surface area contributed by atoms with Crippen LogP contribution in [0.3, 0.4) is 0 Å². The summed E-state index contributed by atoms with van der Waals surface area (Å²) in [6, 6.07) is 9.89. The van der Waals surface area contributed by atoms with E-state index in [9.17, 15) is 18.4 Å². The van der Waals surface area contributed by atoms with Gasteiger partial charge in [-0.25, -0.2) is 8.78 Å². The smallest absolute Gasteiger partial charge is 0.281 e. The molecule has 0 aliphatic carbocycles. The van der Waals surface area contributed by atoms with Gasteiger partial charge in [-0.2, -0.15) is 15.5 Å². The second-order valence-electron chi connectivity index (χ2n) is 9.65. The largest absolute Gasteiger partial charge is 0.369 e. The Balaban J connectivity index is 0.000000369. The topological polar surface area (TPSA) is 123 Å². The molecule has 0 unspecified atom stereocenters. The van der Waals surface area contributed by atoms with Gasteiger partial charge in [0.05, 0.1) is 40.4 Å². The van der Waals surface area contributed by atoms with Gasteiger partial charge < -0.3 is 10.6 Å². The lowest BCUT2D eigenvalue weighted by Gasteiger charge is -2.17.